The summed E-state index contributed by atoms with van der Waals surface area (Å²) in [6, 6.07) is 0. The first-order valence-electron chi connectivity index (χ1n) is 5.11. The zero-order chi connectivity index (χ0) is 12.0. The first-order valence-corrected chi connectivity index (χ1v) is 6.94. The van der Waals surface area contributed by atoms with Crippen molar-refractivity contribution in [3.05, 3.63) is 18.1 Å². The maximum Gasteiger partial charge on any atom is 0.157 e. The van der Waals surface area contributed by atoms with Crippen LogP contribution in [0.4, 0.5) is 5.69 Å². The van der Waals surface area contributed by atoms with Crippen LogP contribution in [0.3, 0.4) is 0 Å². The van der Waals surface area contributed by atoms with Crippen molar-refractivity contribution in [2.45, 2.75) is 12.3 Å². The second-order valence-corrected chi connectivity index (χ2v) is 6.20. The number of nitrogens with one attached hydrogen (secondary N) is 1. The van der Waals surface area contributed by atoms with Crippen molar-refractivity contribution in [2.24, 2.45) is 0 Å². The van der Waals surface area contributed by atoms with Crippen LogP contribution in [0.1, 0.15) is 5.69 Å². The molecule has 90 valence electrons. The van der Waals surface area contributed by atoms with Gasteiger partial charge >= 0.3 is 0 Å². The number of rotatable bonds is 1. The van der Waals surface area contributed by atoms with E-state index in [9.17, 15) is 8.42 Å². The molecule has 0 atom stereocenters. The van der Waals surface area contributed by atoms with Gasteiger partial charge in [0.25, 0.3) is 0 Å². The molecule has 0 amide bonds. The minimum atomic E-state index is -3.04. The summed E-state index contributed by atoms with van der Waals surface area (Å²) in [5.41, 5.74) is 8.30. The third-order valence-electron chi connectivity index (χ3n) is 2.84. The van der Waals surface area contributed by atoms with Crippen molar-refractivity contribution < 1.29 is 8.42 Å². The van der Waals surface area contributed by atoms with Crippen LogP contribution >= 0.6 is 0 Å². The van der Waals surface area contributed by atoms with Crippen molar-refractivity contribution in [3.63, 3.8) is 0 Å². The van der Waals surface area contributed by atoms with Crippen LogP contribution in [0.15, 0.2) is 12.4 Å². The number of sulfone groups is 1. The van der Waals surface area contributed by atoms with E-state index in [1.165, 1.54) is 0 Å². The number of aryl methyl sites for hydroxylation is 1. The summed E-state index contributed by atoms with van der Waals surface area (Å²) in [6.45, 7) is 0.361. The van der Waals surface area contributed by atoms with E-state index in [0.29, 0.717) is 23.6 Å². The third-order valence-corrected chi connectivity index (χ3v) is 4.36. The molecule has 0 saturated carbocycles. The van der Waals surface area contributed by atoms with E-state index in [4.69, 9.17) is 5.73 Å². The van der Waals surface area contributed by atoms with Gasteiger partial charge in [0, 0.05) is 11.8 Å². The van der Waals surface area contributed by atoms with Crippen LogP contribution < -0.4 is 5.73 Å². The molecule has 3 N–H and O–H groups in total. The molecule has 7 nitrogen and oxygen atoms in total. The van der Waals surface area contributed by atoms with E-state index in [-0.39, 0.29) is 11.5 Å². The highest BCUT2D eigenvalue weighted by atomic mass is 32.2. The minimum Gasteiger partial charge on any atom is -0.395 e. The van der Waals surface area contributed by atoms with Gasteiger partial charge in [-0.05, 0) is 0 Å². The van der Waals surface area contributed by atoms with Gasteiger partial charge in [-0.1, -0.05) is 0 Å². The average molecular weight is 253 g/mol. The Morgan fingerprint density at radius 1 is 1.47 bits per heavy atom. The molecule has 2 aromatic rings. The largest absolute Gasteiger partial charge is 0.395 e. The van der Waals surface area contributed by atoms with E-state index in [0.717, 1.165) is 5.56 Å². The van der Waals surface area contributed by atoms with Gasteiger partial charge in [0.1, 0.15) is 5.69 Å². The predicted molar refractivity (Wildman–Crippen MR) is 61.7 cm³/mol. The first kappa shape index (κ1) is 10.3. The Labute approximate surface area is 97.5 Å². The molecule has 0 saturated heterocycles. The van der Waals surface area contributed by atoms with Crippen molar-refractivity contribution in [1.82, 2.24) is 20.0 Å². The van der Waals surface area contributed by atoms with Crippen molar-refractivity contribution in [1.29, 1.82) is 0 Å². The molecule has 0 spiro atoms. The van der Waals surface area contributed by atoms with Crippen molar-refractivity contribution in [2.75, 3.05) is 11.5 Å². The SMILES string of the molecule is Nc1c(-c2cn[nH]c2)nn2c1CS(=O)(=O)CC2. The maximum absolute atomic E-state index is 11.5. The average Bonchev–Trinajstić information content (AvgIpc) is 2.87. The predicted octanol–water partition coefficient (Wildman–Crippen LogP) is -0.216. The second-order valence-electron chi connectivity index (χ2n) is 4.01. The summed E-state index contributed by atoms with van der Waals surface area (Å²) < 4.78 is 24.8. The Morgan fingerprint density at radius 3 is 3.00 bits per heavy atom. The van der Waals surface area contributed by atoms with E-state index in [1.54, 1.807) is 17.1 Å². The lowest BCUT2D eigenvalue weighted by molar-refractivity contribution is 0.556. The Morgan fingerprint density at radius 2 is 2.29 bits per heavy atom. The number of nitrogens with zero attached hydrogens (tertiary/aromatic N) is 3. The molecule has 17 heavy (non-hydrogen) atoms. The van der Waals surface area contributed by atoms with Crippen molar-refractivity contribution in [3.8, 4) is 11.3 Å². The number of nitrogens with two attached hydrogens (primary N) is 1. The molecule has 0 fully saturated rings. The van der Waals surface area contributed by atoms with E-state index in [1.807, 2.05) is 0 Å². The van der Waals surface area contributed by atoms with Crippen LogP contribution in [0.2, 0.25) is 0 Å². The van der Waals surface area contributed by atoms with Crippen LogP contribution in [-0.4, -0.2) is 34.1 Å². The lowest BCUT2D eigenvalue weighted by Gasteiger charge is -2.13. The molecular weight excluding hydrogens is 242 g/mol. The zero-order valence-electron chi connectivity index (χ0n) is 8.92. The minimum absolute atomic E-state index is 0.0380. The zero-order valence-corrected chi connectivity index (χ0v) is 9.74. The topological polar surface area (TPSA) is 107 Å². The maximum atomic E-state index is 11.5. The normalized spacial score (nSPS) is 17.9. The van der Waals surface area contributed by atoms with E-state index >= 15 is 0 Å². The number of hydrogen-bond donors (Lipinski definition) is 2. The van der Waals surface area contributed by atoms with Crippen LogP contribution in [-0.2, 0) is 22.1 Å². The van der Waals surface area contributed by atoms with E-state index in [2.05, 4.69) is 15.3 Å². The van der Waals surface area contributed by atoms with Gasteiger partial charge in [0.05, 0.1) is 35.6 Å². The molecule has 0 aliphatic carbocycles. The smallest absolute Gasteiger partial charge is 0.157 e. The second kappa shape index (κ2) is 3.33. The molecule has 0 bridgehead atoms. The number of anilines is 1. The molecule has 0 radical (unpaired) electrons. The number of hydrogen-bond acceptors (Lipinski definition) is 5. The summed E-state index contributed by atoms with van der Waals surface area (Å²) >= 11 is 0. The molecule has 3 heterocycles. The lowest BCUT2D eigenvalue weighted by atomic mass is 10.2. The van der Waals surface area contributed by atoms with Crippen LogP contribution in [0, 0.1) is 0 Å². The van der Waals surface area contributed by atoms with Gasteiger partial charge < -0.3 is 5.73 Å². The summed E-state index contributed by atoms with van der Waals surface area (Å²) in [4.78, 5) is 0. The molecule has 1 aliphatic rings. The van der Waals surface area contributed by atoms with Gasteiger partial charge in [-0.2, -0.15) is 10.2 Å². The number of aromatic amines is 1. The standard InChI is InChI=1S/C9H11N5O2S/c10-8-7-5-17(15,16)2-1-14(7)13-9(8)6-3-11-12-4-6/h3-4H,1-2,5,10H2,(H,11,12). The van der Waals surface area contributed by atoms with Gasteiger partial charge in [-0.15, -0.1) is 0 Å². The fraction of sp³-hybridized carbons (Fsp3) is 0.333. The molecule has 1 aliphatic heterocycles. The number of fused-ring (bicyclic) bond motifs is 1. The summed E-state index contributed by atoms with van der Waals surface area (Å²) in [5, 5.41) is 10.8. The Kier molecular flexibility index (Phi) is 2.02. The molecule has 3 rings (SSSR count). The fourth-order valence-corrected chi connectivity index (χ4v) is 3.26. The molecular formula is C9H11N5O2S. The monoisotopic (exact) mass is 253 g/mol. The third kappa shape index (κ3) is 1.60. The molecule has 2 aromatic heterocycles. The molecule has 8 heteroatoms. The number of aromatic nitrogens is 4. The highest BCUT2D eigenvalue weighted by molar-refractivity contribution is 7.90. The lowest BCUT2D eigenvalue weighted by Crippen LogP contribution is -2.24. The summed E-state index contributed by atoms with van der Waals surface area (Å²) in [5.74, 6) is 0.0790. The fourth-order valence-electron chi connectivity index (χ4n) is 1.95. The van der Waals surface area contributed by atoms with Gasteiger partial charge in [-0.25, -0.2) is 8.42 Å². The Bertz CT molecular complexity index is 656. The Balaban J connectivity index is 2.15. The van der Waals surface area contributed by atoms with Crippen LogP contribution in [0.25, 0.3) is 11.3 Å². The highest BCUT2D eigenvalue weighted by Crippen LogP contribution is 2.30. The summed E-state index contributed by atoms with van der Waals surface area (Å²) in [7, 11) is -3.04. The quantitative estimate of drug-likeness (QED) is 0.731. The molecule has 0 aromatic carbocycles. The molecule has 0 unspecified atom stereocenters. The van der Waals surface area contributed by atoms with Gasteiger partial charge in [0.15, 0.2) is 9.84 Å². The van der Waals surface area contributed by atoms with Gasteiger partial charge in [-0.3, -0.25) is 9.78 Å². The summed E-state index contributed by atoms with van der Waals surface area (Å²) in [6.07, 6.45) is 3.29. The first-order chi connectivity index (χ1) is 8.07. The highest BCUT2D eigenvalue weighted by Gasteiger charge is 2.27. The van der Waals surface area contributed by atoms with E-state index < -0.39 is 9.84 Å². The van der Waals surface area contributed by atoms with Gasteiger partial charge in [0.2, 0.25) is 0 Å². The van der Waals surface area contributed by atoms with Crippen LogP contribution in [0.5, 0.6) is 0 Å². The Hall–Kier alpha value is -1.83. The number of H-pyrrole nitrogens is 1. The van der Waals surface area contributed by atoms with Crippen molar-refractivity contribution >= 4 is 15.5 Å². The number of nitrogen functional groups attached to an aromatic ring is 1.